The van der Waals surface area contributed by atoms with Gasteiger partial charge in [-0.3, -0.25) is 4.79 Å². The van der Waals surface area contributed by atoms with Gasteiger partial charge < -0.3 is 20.4 Å². The zero-order valence-corrected chi connectivity index (χ0v) is 14.0. The van der Waals surface area contributed by atoms with E-state index in [9.17, 15) is 4.79 Å². The molecule has 0 aliphatic rings. The van der Waals surface area contributed by atoms with Gasteiger partial charge in [0.25, 0.3) is 0 Å². The maximum absolute atomic E-state index is 11.9. The van der Waals surface area contributed by atoms with E-state index < -0.39 is 0 Å². The molecule has 0 aliphatic carbocycles. The van der Waals surface area contributed by atoms with Crippen LogP contribution in [0.25, 0.3) is 11.2 Å². The Labute approximate surface area is 145 Å². The van der Waals surface area contributed by atoms with Crippen molar-refractivity contribution < 1.29 is 9.53 Å². The smallest absolute Gasteiger partial charge is 0.221 e. The van der Waals surface area contributed by atoms with Gasteiger partial charge in [0.15, 0.2) is 11.5 Å². The summed E-state index contributed by atoms with van der Waals surface area (Å²) in [7, 11) is 1.64. The molecule has 0 saturated heterocycles. The van der Waals surface area contributed by atoms with Crippen molar-refractivity contribution in [3.63, 3.8) is 0 Å². The molecule has 3 N–H and O–H groups in total. The fraction of sp³-hybridized carbons (Fsp3) is 0.294. The van der Waals surface area contributed by atoms with Gasteiger partial charge in [0.2, 0.25) is 5.91 Å². The Kier molecular flexibility index (Phi) is 5.40. The summed E-state index contributed by atoms with van der Waals surface area (Å²) in [6.07, 6.45) is 4.16. The summed E-state index contributed by atoms with van der Waals surface area (Å²) in [6, 6.07) is 7.83. The Balaban J connectivity index is 1.38. The predicted octanol–water partition coefficient (Wildman–Crippen LogP) is 1.52. The number of H-pyrrole nitrogens is 1. The number of anilines is 1. The molecule has 0 radical (unpaired) electrons. The highest BCUT2D eigenvalue weighted by Gasteiger charge is 2.06. The molecule has 0 unspecified atom stereocenters. The number of aromatic nitrogens is 4. The molecule has 0 saturated carbocycles. The topological polar surface area (TPSA) is 105 Å². The maximum atomic E-state index is 11.9. The minimum atomic E-state index is -0.00378. The zero-order chi connectivity index (χ0) is 17.5. The Morgan fingerprint density at radius 1 is 1.16 bits per heavy atom. The molecule has 2 aromatic heterocycles. The van der Waals surface area contributed by atoms with Crippen LogP contribution < -0.4 is 15.4 Å². The van der Waals surface area contributed by atoms with Crippen LogP contribution in [0.15, 0.2) is 36.9 Å². The molecule has 1 aromatic carbocycles. The molecule has 3 rings (SSSR count). The highest BCUT2D eigenvalue weighted by atomic mass is 16.5. The van der Waals surface area contributed by atoms with Gasteiger partial charge in [-0.1, -0.05) is 12.1 Å². The zero-order valence-electron chi connectivity index (χ0n) is 14.0. The Morgan fingerprint density at radius 3 is 2.80 bits per heavy atom. The van der Waals surface area contributed by atoms with Gasteiger partial charge in [-0.2, -0.15) is 0 Å². The third-order valence-corrected chi connectivity index (χ3v) is 3.76. The summed E-state index contributed by atoms with van der Waals surface area (Å²) >= 11 is 0. The number of amides is 1. The monoisotopic (exact) mass is 340 g/mol. The van der Waals surface area contributed by atoms with Crippen LogP contribution in [0, 0.1) is 0 Å². The normalized spacial score (nSPS) is 10.6. The quantitative estimate of drug-likeness (QED) is 0.574. The second-order valence-corrected chi connectivity index (χ2v) is 5.45. The number of nitrogens with zero attached hydrogens (tertiary/aromatic N) is 3. The molecule has 0 fully saturated rings. The van der Waals surface area contributed by atoms with Gasteiger partial charge in [0, 0.05) is 19.5 Å². The lowest BCUT2D eigenvalue weighted by Gasteiger charge is -2.08. The van der Waals surface area contributed by atoms with Gasteiger partial charge in [0.05, 0.1) is 13.4 Å². The molecule has 0 aliphatic heterocycles. The van der Waals surface area contributed by atoms with E-state index in [2.05, 4.69) is 30.6 Å². The summed E-state index contributed by atoms with van der Waals surface area (Å²) in [6.45, 7) is 1.09. The van der Waals surface area contributed by atoms with E-state index in [4.69, 9.17) is 4.74 Å². The standard InChI is InChI=1S/C17H20N6O2/c1-25-13-4-2-12(3-5-13)6-8-18-14(24)7-9-19-16-15-17(21-10-20-15)23-11-22-16/h2-5,10-11H,6-9H2,1H3,(H,18,24)(H2,19,20,21,22,23). The second kappa shape index (κ2) is 8.09. The third kappa shape index (κ3) is 4.43. The van der Waals surface area contributed by atoms with Crippen molar-refractivity contribution in [3.8, 4) is 5.75 Å². The summed E-state index contributed by atoms with van der Waals surface area (Å²) in [4.78, 5) is 27.2. The fourth-order valence-electron chi connectivity index (χ4n) is 2.42. The van der Waals surface area contributed by atoms with Gasteiger partial charge in [-0.25, -0.2) is 15.0 Å². The Morgan fingerprint density at radius 2 is 2.00 bits per heavy atom. The average Bonchev–Trinajstić information content (AvgIpc) is 3.12. The lowest BCUT2D eigenvalue weighted by Crippen LogP contribution is -2.27. The summed E-state index contributed by atoms with van der Waals surface area (Å²) in [5.74, 6) is 1.47. The summed E-state index contributed by atoms with van der Waals surface area (Å²) < 4.78 is 5.12. The van der Waals surface area contributed by atoms with Crippen molar-refractivity contribution in [2.75, 3.05) is 25.5 Å². The number of rotatable bonds is 8. The summed E-state index contributed by atoms with van der Waals surface area (Å²) in [5, 5.41) is 6.04. The van der Waals surface area contributed by atoms with Crippen molar-refractivity contribution in [3.05, 3.63) is 42.5 Å². The molecule has 0 spiro atoms. The van der Waals surface area contributed by atoms with Crippen molar-refractivity contribution in [2.45, 2.75) is 12.8 Å². The molecule has 3 aromatic rings. The summed E-state index contributed by atoms with van der Waals surface area (Å²) in [5.41, 5.74) is 2.49. The van der Waals surface area contributed by atoms with Crippen LogP contribution in [0.5, 0.6) is 5.75 Å². The minimum absolute atomic E-state index is 0.00378. The minimum Gasteiger partial charge on any atom is -0.497 e. The number of aromatic amines is 1. The van der Waals surface area contributed by atoms with E-state index >= 15 is 0 Å². The molecule has 25 heavy (non-hydrogen) atoms. The first kappa shape index (κ1) is 16.7. The first-order valence-electron chi connectivity index (χ1n) is 8.04. The van der Waals surface area contributed by atoms with Crippen LogP contribution in [0.3, 0.4) is 0 Å². The number of nitrogens with one attached hydrogen (secondary N) is 3. The molecule has 0 bridgehead atoms. The van der Waals surface area contributed by atoms with Crippen LogP contribution in [0.1, 0.15) is 12.0 Å². The van der Waals surface area contributed by atoms with Gasteiger partial charge in [0.1, 0.15) is 17.6 Å². The Bertz CT molecular complexity index is 831. The van der Waals surface area contributed by atoms with Gasteiger partial charge in [-0.05, 0) is 24.1 Å². The second-order valence-electron chi connectivity index (χ2n) is 5.45. The number of carbonyl (C=O) groups is 1. The van der Waals surface area contributed by atoms with E-state index in [1.54, 1.807) is 13.4 Å². The van der Waals surface area contributed by atoms with Crippen LogP contribution in [-0.2, 0) is 11.2 Å². The number of hydrogen-bond donors (Lipinski definition) is 3. The number of ether oxygens (including phenoxy) is 1. The average molecular weight is 340 g/mol. The molecular formula is C17H20N6O2. The van der Waals surface area contributed by atoms with Crippen molar-refractivity contribution >= 4 is 22.9 Å². The third-order valence-electron chi connectivity index (χ3n) is 3.76. The first-order valence-corrected chi connectivity index (χ1v) is 8.04. The lowest BCUT2D eigenvalue weighted by molar-refractivity contribution is -0.120. The number of hydrogen-bond acceptors (Lipinski definition) is 6. The maximum Gasteiger partial charge on any atom is 0.221 e. The molecule has 130 valence electrons. The molecule has 8 heteroatoms. The molecule has 2 heterocycles. The highest BCUT2D eigenvalue weighted by molar-refractivity contribution is 5.82. The number of benzene rings is 1. The number of imidazole rings is 1. The van der Waals surface area contributed by atoms with Crippen LogP contribution >= 0.6 is 0 Å². The molecule has 0 atom stereocenters. The largest absolute Gasteiger partial charge is 0.497 e. The molecular weight excluding hydrogens is 320 g/mol. The van der Waals surface area contributed by atoms with E-state index in [0.717, 1.165) is 23.3 Å². The molecule has 1 amide bonds. The number of fused-ring (bicyclic) bond motifs is 1. The van der Waals surface area contributed by atoms with Crippen molar-refractivity contribution in [1.29, 1.82) is 0 Å². The fourth-order valence-corrected chi connectivity index (χ4v) is 2.42. The van der Waals surface area contributed by atoms with E-state index in [1.165, 1.54) is 6.33 Å². The van der Waals surface area contributed by atoms with Crippen LogP contribution in [0.2, 0.25) is 0 Å². The van der Waals surface area contributed by atoms with Crippen molar-refractivity contribution in [1.82, 2.24) is 25.3 Å². The van der Waals surface area contributed by atoms with E-state index in [1.807, 2.05) is 24.3 Å². The van der Waals surface area contributed by atoms with Crippen molar-refractivity contribution in [2.24, 2.45) is 0 Å². The molecule has 8 nitrogen and oxygen atoms in total. The number of carbonyl (C=O) groups excluding carboxylic acids is 1. The van der Waals surface area contributed by atoms with Gasteiger partial charge >= 0.3 is 0 Å². The Hall–Kier alpha value is -3.16. The van der Waals surface area contributed by atoms with E-state index in [0.29, 0.717) is 31.0 Å². The van der Waals surface area contributed by atoms with E-state index in [-0.39, 0.29) is 5.91 Å². The van der Waals surface area contributed by atoms with Crippen LogP contribution in [-0.4, -0.2) is 46.0 Å². The predicted molar refractivity (Wildman–Crippen MR) is 94.5 cm³/mol. The lowest BCUT2D eigenvalue weighted by atomic mass is 10.1. The number of methoxy groups -OCH3 is 1. The SMILES string of the molecule is COc1ccc(CCNC(=O)CCNc2ncnc3nc[nH]c23)cc1. The highest BCUT2D eigenvalue weighted by Crippen LogP contribution is 2.14. The first-order chi connectivity index (χ1) is 12.3. The van der Waals surface area contributed by atoms with Gasteiger partial charge in [-0.15, -0.1) is 0 Å². The van der Waals surface area contributed by atoms with Crippen LogP contribution in [0.4, 0.5) is 5.82 Å².